The summed E-state index contributed by atoms with van der Waals surface area (Å²) in [6.45, 7) is 3.29. The van der Waals surface area contributed by atoms with Gasteiger partial charge in [-0.3, -0.25) is 4.79 Å². The van der Waals surface area contributed by atoms with Crippen LogP contribution in [0, 0.1) is 0 Å². The van der Waals surface area contributed by atoms with E-state index < -0.39 is 5.97 Å². The first-order valence-electron chi connectivity index (χ1n) is 3.57. The molecule has 0 aromatic heterocycles. The van der Waals surface area contributed by atoms with Crippen molar-refractivity contribution in [3.63, 3.8) is 0 Å². The number of carbonyl (C=O) groups excluding carboxylic acids is 2. The average molecular weight is 165 g/mol. The molecule has 0 radical (unpaired) electrons. The predicted octanol–water partition coefficient (Wildman–Crippen LogP) is 0.221. The van der Waals surface area contributed by atoms with Gasteiger partial charge in [-0.15, -0.1) is 0 Å². The molecular formula is C8H7NO3. The van der Waals surface area contributed by atoms with Gasteiger partial charge in [0.15, 0.2) is 0 Å². The van der Waals surface area contributed by atoms with Gasteiger partial charge in [0.05, 0.1) is 11.1 Å². The van der Waals surface area contributed by atoms with Crippen molar-refractivity contribution in [1.82, 2.24) is 5.32 Å². The molecular weight excluding hydrogens is 158 g/mol. The van der Waals surface area contributed by atoms with Crippen LogP contribution in [0.2, 0.25) is 0 Å². The number of rotatable bonds is 0. The Morgan fingerprint density at radius 3 is 2.42 bits per heavy atom. The molecule has 4 nitrogen and oxygen atoms in total. The second-order valence-corrected chi connectivity index (χ2v) is 2.77. The van der Waals surface area contributed by atoms with Gasteiger partial charge in [0.25, 0.3) is 5.91 Å². The molecule has 0 bridgehead atoms. The van der Waals surface area contributed by atoms with Crippen LogP contribution in [0.4, 0.5) is 0 Å². The van der Waals surface area contributed by atoms with E-state index in [0.29, 0.717) is 22.6 Å². The molecule has 2 heterocycles. The summed E-state index contributed by atoms with van der Waals surface area (Å²) in [5.74, 6) is -0.284. The van der Waals surface area contributed by atoms with Crippen LogP contribution in [0.3, 0.4) is 0 Å². The van der Waals surface area contributed by atoms with Crippen molar-refractivity contribution in [2.24, 2.45) is 0 Å². The number of allylic oxidation sites excluding steroid dienone is 2. The smallest absolute Gasteiger partial charge is 0.345 e. The molecule has 0 aromatic rings. The Bertz CT molecular complexity index is 326. The number of amides is 1. The van der Waals surface area contributed by atoms with E-state index in [1.165, 1.54) is 0 Å². The number of nitrogens with one attached hydrogen (secondary N) is 1. The maximum Gasteiger partial charge on any atom is 0.345 e. The van der Waals surface area contributed by atoms with E-state index in [1.54, 1.807) is 13.8 Å². The van der Waals surface area contributed by atoms with Crippen molar-refractivity contribution >= 4 is 11.9 Å². The lowest BCUT2D eigenvalue weighted by Gasteiger charge is -1.96. The van der Waals surface area contributed by atoms with Gasteiger partial charge in [0.2, 0.25) is 0 Å². The minimum Gasteiger partial charge on any atom is -0.427 e. The third-order valence-electron chi connectivity index (χ3n) is 1.96. The third kappa shape index (κ3) is 0.664. The highest BCUT2D eigenvalue weighted by Crippen LogP contribution is 2.31. The van der Waals surface area contributed by atoms with Crippen molar-refractivity contribution < 1.29 is 14.3 Å². The average Bonchev–Trinajstić information content (AvgIpc) is 2.38. The van der Waals surface area contributed by atoms with Crippen LogP contribution in [0.15, 0.2) is 22.6 Å². The summed E-state index contributed by atoms with van der Waals surface area (Å²) in [6.07, 6.45) is 0. The fraction of sp³-hybridized carbons (Fsp3) is 0.250. The molecule has 2 rings (SSSR count). The van der Waals surface area contributed by atoms with Crippen molar-refractivity contribution in [3.05, 3.63) is 22.6 Å². The van der Waals surface area contributed by atoms with Crippen molar-refractivity contribution in [2.75, 3.05) is 0 Å². The Morgan fingerprint density at radius 1 is 1.17 bits per heavy atom. The second kappa shape index (κ2) is 1.97. The quantitative estimate of drug-likeness (QED) is 0.522. The fourth-order valence-electron chi connectivity index (χ4n) is 1.43. The number of cyclic esters (lactones) is 1. The van der Waals surface area contributed by atoms with Gasteiger partial charge in [0.1, 0.15) is 5.76 Å². The summed E-state index contributed by atoms with van der Waals surface area (Å²) < 4.78 is 4.79. The fourth-order valence-corrected chi connectivity index (χ4v) is 1.43. The number of esters is 1. The molecule has 0 atom stereocenters. The Balaban J connectivity index is 2.64. The van der Waals surface area contributed by atoms with Crippen molar-refractivity contribution in [3.8, 4) is 0 Å². The molecule has 0 spiro atoms. The zero-order valence-electron chi connectivity index (χ0n) is 6.72. The number of hydrogen-bond acceptors (Lipinski definition) is 3. The number of fused-ring (bicyclic) bond motifs is 1. The lowest BCUT2D eigenvalue weighted by atomic mass is 10.1. The molecule has 2 aliphatic rings. The first-order chi connectivity index (χ1) is 5.61. The minimum atomic E-state index is -0.432. The molecule has 0 saturated carbocycles. The van der Waals surface area contributed by atoms with Gasteiger partial charge in [-0.25, -0.2) is 4.79 Å². The molecule has 12 heavy (non-hydrogen) atoms. The van der Waals surface area contributed by atoms with E-state index >= 15 is 0 Å². The van der Waals surface area contributed by atoms with Crippen molar-refractivity contribution in [1.29, 1.82) is 0 Å². The molecule has 0 aromatic carbocycles. The standard InChI is InChI=1S/C8H7NO3/c1-3-5-6(7(10)9-3)4(2)12-8(5)11/h1-2H3,(H,9,10). The molecule has 1 N–H and O–H groups in total. The SMILES string of the molecule is CC1=C2C(=O)OC(C)=C2C(=O)N1. The lowest BCUT2D eigenvalue weighted by Crippen LogP contribution is -2.15. The first kappa shape index (κ1) is 7.09. The summed E-state index contributed by atoms with van der Waals surface area (Å²) >= 11 is 0. The van der Waals surface area contributed by atoms with E-state index in [9.17, 15) is 9.59 Å². The van der Waals surface area contributed by atoms with Gasteiger partial charge in [0, 0.05) is 5.70 Å². The third-order valence-corrected chi connectivity index (χ3v) is 1.96. The molecule has 0 fully saturated rings. The molecule has 1 amide bonds. The van der Waals surface area contributed by atoms with Crippen molar-refractivity contribution in [2.45, 2.75) is 13.8 Å². The number of carbonyl (C=O) groups is 2. The van der Waals surface area contributed by atoms with E-state index in [0.717, 1.165) is 0 Å². The summed E-state index contributed by atoms with van der Waals surface area (Å²) in [5, 5.41) is 2.56. The lowest BCUT2D eigenvalue weighted by molar-refractivity contribution is -0.133. The van der Waals surface area contributed by atoms with E-state index in [2.05, 4.69) is 5.32 Å². The summed E-state index contributed by atoms with van der Waals surface area (Å²) in [5.41, 5.74) is 1.35. The normalized spacial score (nSPS) is 21.5. The Hall–Kier alpha value is -1.58. The van der Waals surface area contributed by atoms with E-state index in [4.69, 9.17) is 4.74 Å². The van der Waals surface area contributed by atoms with Crippen LogP contribution in [-0.2, 0) is 14.3 Å². The monoisotopic (exact) mass is 165 g/mol. The molecule has 0 aliphatic carbocycles. The zero-order valence-corrected chi connectivity index (χ0v) is 6.72. The second-order valence-electron chi connectivity index (χ2n) is 2.77. The maximum absolute atomic E-state index is 11.2. The summed E-state index contributed by atoms with van der Waals surface area (Å²) in [4.78, 5) is 22.3. The van der Waals surface area contributed by atoms with Gasteiger partial charge in [-0.05, 0) is 13.8 Å². The van der Waals surface area contributed by atoms with Gasteiger partial charge >= 0.3 is 5.97 Å². The van der Waals surface area contributed by atoms with Crippen LogP contribution in [0.5, 0.6) is 0 Å². The largest absolute Gasteiger partial charge is 0.427 e. The Morgan fingerprint density at radius 2 is 1.83 bits per heavy atom. The summed E-state index contributed by atoms with van der Waals surface area (Å²) in [6, 6.07) is 0. The molecule has 62 valence electrons. The minimum absolute atomic E-state index is 0.245. The number of hydrogen-bond donors (Lipinski definition) is 1. The van der Waals surface area contributed by atoms with Crippen LogP contribution in [0.25, 0.3) is 0 Å². The highest BCUT2D eigenvalue weighted by atomic mass is 16.5. The first-order valence-corrected chi connectivity index (χ1v) is 3.57. The van der Waals surface area contributed by atoms with Crippen LogP contribution in [0.1, 0.15) is 13.8 Å². The van der Waals surface area contributed by atoms with Gasteiger partial charge in [-0.2, -0.15) is 0 Å². The highest BCUT2D eigenvalue weighted by Gasteiger charge is 2.38. The number of ether oxygens (including phenoxy) is 1. The predicted molar refractivity (Wildman–Crippen MR) is 39.6 cm³/mol. The molecule has 0 unspecified atom stereocenters. The van der Waals surface area contributed by atoms with Gasteiger partial charge in [-0.1, -0.05) is 0 Å². The molecule has 2 aliphatic heterocycles. The maximum atomic E-state index is 11.2. The molecule has 4 heteroatoms. The Kier molecular flexibility index (Phi) is 1.16. The highest BCUT2D eigenvalue weighted by molar-refractivity contribution is 6.16. The van der Waals surface area contributed by atoms with E-state index in [-0.39, 0.29) is 5.91 Å². The van der Waals surface area contributed by atoms with Crippen LogP contribution < -0.4 is 5.32 Å². The zero-order chi connectivity index (χ0) is 8.88. The molecule has 0 saturated heterocycles. The summed E-state index contributed by atoms with van der Waals surface area (Å²) in [7, 11) is 0. The topological polar surface area (TPSA) is 55.4 Å². The Labute approximate surface area is 68.9 Å². The van der Waals surface area contributed by atoms with E-state index in [1.807, 2.05) is 0 Å². The van der Waals surface area contributed by atoms with Crippen LogP contribution in [-0.4, -0.2) is 11.9 Å². The van der Waals surface area contributed by atoms with Crippen LogP contribution >= 0.6 is 0 Å². The van der Waals surface area contributed by atoms with Gasteiger partial charge < -0.3 is 10.1 Å².